The Bertz CT molecular complexity index is 3060. The van der Waals surface area contributed by atoms with Crippen LogP contribution in [0.1, 0.15) is 119 Å². The van der Waals surface area contributed by atoms with Crippen molar-refractivity contribution in [2.45, 2.75) is 127 Å². The van der Waals surface area contributed by atoms with E-state index in [0.717, 1.165) is 94.9 Å². The number of benzene rings is 3. The molecule has 10 rings (SSSR count). The van der Waals surface area contributed by atoms with Crippen LogP contribution in [-0.4, -0.2) is 126 Å². The highest BCUT2D eigenvalue weighted by Crippen LogP contribution is 2.53. The first-order valence-corrected chi connectivity index (χ1v) is 28.5. The third-order valence-corrected chi connectivity index (χ3v) is 18.2. The summed E-state index contributed by atoms with van der Waals surface area (Å²) in [7, 11) is -2.82. The number of H-pyrrole nitrogens is 1. The summed E-state index contributed by atoms with van der Waals surface area (Å²) < 4.78 is 42.2. The zero-order chi connectivity index (χ0) is 53.5. The Morgan fingerprint density at radius 3 is 2.46 bits per heavy atom. The van der Waals surface area contributed by atoms with Gasteiger partial charge in [-0.3, -0.25) is 24.7 Å². The van der Waals surface area contributed by atoms with Crippen LogP contribution in [-0.2, 0) is 14.8 Å². The predicted octanol–water partition coefficient (Wildman–Crippen LogP) is 9.05. The van der Waals surface area contributed by atoms with Gasteiger partial charge in [0.25, 0.3) is 21.6 Å². The fraction of sp³-hybridized carbons (Fsp3) is 0.509. The number of piperidine rings is 1. The average Bonchev–Trinajstić information content (AvgIpc) is 4.04. The van der Waals surface area contributed by atoms with Gasteiger partial charge in [-0.2, -0.15) is 0 Å². The van der Waals surface area contributed by atoms with Crippen molar-refractivity contribution >= 4 is 44.0 Å². The Kier molecular flexibility index (Phi) is 15.2. The molecule has 2 aromatic heterocycles. The van der Waals surface area contributed by atoms with Gasteiger partial charge in [-0.05, 0) is 137 Å². The van der Waals surface area contributed by atoms with Crippen LogP contribution in [0.15, 0.2) is 102 Å². The number of carbonyl (C=O) groups is 1. The van der Waals surface area contributed by atoms with Crippen LogP contribution in [0, 0.1) is 21.4 Å². The molecule has 406 valence electrons. The number of hydrogen-bond acceptors (Lipinski definition) is 15. The number of sulfonamides is 1. The number of nitro benzene ring substituents is 1. The first-order valence-electron chi connectivity index (χ1n) is 27.0. The summed E-state index contributed by atoms with van der Waals surface area (Å²) in [5.41, 5.74) is 8.31. The molecule has 76 heavy (non-hydrogen) atoms. The Labute approximate surface area is 446 Å². The van der Waals surface area contributed by atoms with Crippen molar-refractivity contribution in [1.29, 1.82) is 0 Å². The van der Waals surface area contributed by atoms with E-state index in [1.54, 1.807) is 37.7 Å². The number of ether oxygens (including phenoxy) is 2. The number of fused-ring (bicyclic) bond motifs is 1. The molecule has 1 amide bonds. The zero-order valence-corrected chi connectivity index (χ0v) is 45.4. The molecule has 1 spiro atoms. The third kappa shape index (κ3) is 11.5. The molecule has 2 aliphatic carbocycles. The Morgan fingerprint density at radius 2 is 1.74 bits per heavy atom. The van der Waals surface area contributed by atoms with Crippen LogP contribution in [0.5, 0.6) is 11.5 Å². The highest BCUT2D eigenvalue weighted by molar-refractivity contribution is 7.90. The van der Waals surface area contributed by atoms with Crippen molar-refractivity contribution in [3.05, 3.63) is 124 Å². The van der Waals surface area contributed by atoms with Gasteiger partial charge in [0, 0.05) is 112 Å². The molecule has 4 fully saturated rings. The van der Waals surface area contributed by atoms with Gasteiger partial charge in [0.2, 0.25) is 0 Å². The molecule has 0 radical (unpaired) electrons. The maximum absolute atomic E-state index is 14.1. The summed E-state index contributed by atoms with van der Waals surface area (Å²) in [6, 6.07) is 22.5. The Hall–Kier alpha value is -6.09. The molecule has 19 heteroatoms. The van der Waals surface area contributed by atoms with E-state index in [4.69, 9.17) is 9.47 Å². The number of aliphatic hydroxyl groups is 1. The number of aromatic nitrogens is 2. The highest BCUT2D eigenvalue weighted by Gasteiger charge is 2.50. The van der Waals surface area contributed by atoms with E-state index in [-0.39, 0.29) is 40.6 Å². The summed E-state index contributed by atoms with van der Waals surface area (Å²) >= 11 is 0. The molecular weight excluding hydrogens is 985 g/mol. The number of pyridine rings is 1. The first-order chi connectivity index (χ1) is 36.4. The molecule has 3 aromatic carbocycles. The number of hydrazine groups is 1. The van der Waals surface area contributed by atoms with Crippen molar-refractivity contribution < 1.29 is 32.7 Å². The van der Waals surface area contributed by atoms with Crippen LogP contribution in [0.2, 0.25) is 0 Å². The number of nitro groups is 1. The van der Waals surface area contributed by atoms with Crippen LogP contribution >= 0.6 is 0 Å². The van der Waals surface area contributed by atoms with Crippen LogP contribution in [0.4, 0.5) is 17.1 Å². The number of carbonyl (C=O) groups excluding carboxylic acids is 1. The van der Waals surface area contributed by atoms with Gasteiger partial charge in [0.1, 0.15) is 29.1 Å². The number of aromatic amines is 1. The normalized spacial score (nSPS) is 23.5. The van der Waals surface area contributed by atoms with E-state index in [9.17, 15) is 28.4 Å². The molecule has 5 heterocycles. The molecule has 2 atom stereocenters. The van der Waals surface area contributed by atoms with Crippen LogP contribution < -0.4 is 25.1 Å². The molecule has 2 saturated carbocycles. The first kappa shape index (κ1) is 53.3. The smallest absolute Gasteiger partial charge is 0.293 e. The number of nitrogens with one attached hydrogen (secondary N) is 4. The molecule has 0 bridgehead atoms. The summed E-state index contributed by atoms with van der Waals surface area (Å²) in [4.78, 5) is 40.6. The minimum atomic E-state index is -4.59. The molecule has 18 nitrogen and oxygen atoms in total. The van der Waals surface area contributed by atoms with E-state index < -0.39 is 37.0 Å². The quantitative estimate of drug-likeness (QED) is 0.0434. The number of hydrogen-bond donors (Lipinski definition) is 5. The number of piperazine rings is 1. The monoisotopic (exact) mass is 1060 g/mol. The van der Waals surface area contributed by atoms with E-state index in [1.807, 2.05) is 19.1 Å². The van der Waals surface area contributed by atoms with Gasteiger partial charge in [0.05, 0.1) is 27.2 Å². The van der Waals surface area contributed by atoms with Crippen molar-refractivity contribution in [3.8, 4) is 11.5 Å². The van der Waals surface area contributed by atoms with Gasteiger partial charge < -0.3 is 34.8 Å². The lowest BCUT2D eigenvalue weighted by molar-refractivity contribution is -0.384. The topological polar surface area (TPSA) is 211 Å². The number of nitrogens with zero attached hydrogens (tertiary/aromatic N) is 6. The molecule has 2 saturated heterocycles. The predicted molar refractivity (Wildman–Crippen MR) is 294 cm³/mol. The van der Waals surface area contributed by atoms with Crippen molar-refractivity contribution in [2.24, 2.45) is 11.3 Å². The van der Waals surface area contributed by atoms with Gasteiger partial charge in [-0.1, -0.05) is 38.1 Å². The molecular formula is C57H74N10O8S. The minimum absolute atomic E-state index is 0.0302. The lowest BCUT2D eigenvalue weighted by Gasteiger charge is -2.58. The van der Waals surface area contributed by atoms with Crippen molar-refractivity contribution in [2.75, 3.05) is 63.1 Å². The van der Waals surface area contributed by atoms with Crippen molar-refractivity contribution in [3.63, 3.8) is 0 Å². The van der Waals surface area contributed by atoms with Gasteiger partial charge in [-0.25, -0.2) is 23.5 Å². The van der Waals surface area contributed by atoms with Gasteiger partial charge in [-0.15, -0.1) is 0 Å². The van der Waals surface area contributed by atoms with E-state index >= 15 is 0 Å². The van der Waals surface area contributed by atoms with Crippen LogP contribution in [0.3, 0.4) is 0 Å². The second-order valence-corrected chi connectivity index (χ2v) is 24.5. The molecule has 5 aromatic rings. The lowest BCUT2D eigenvalue weighted by atomic mass is 9.59. The summed E-state index contributed by atoms with van der Waals surface area (Å²) in [5, 5.41) is 28.7. The number of rotatable bonds is 17. The summed E-state index contributed by atoms with van der Waals surface area (Å²) in [6.45, 7) is 16.5. The SMILES string of the molecule is COC1NN(C(C)C)C=C1CN1CCN(C2CC3(CCN(c4ccc(C(=O)NS(=O)(=O)c5ccc(NCC6CCC(C)(O)CC6)c([N+](=O)[O-])c5)c(Oc5cnc6[nH]ccc6c5)c4)CC3)C2)C(c2ccccc2C(C)C)C1. The van der Waals surface area contributed by atoms with Gasteiger partial charge in [0.15, 0.2) is 0 Å². The maximum Gasteiger partial charge on any atom is 0.293 e. The second-order valence-electron chi connectivity index (χ2n) is 22.8. The van der Waals surface area contributed by atoms with E-state index in [0.29, 0.717) is 48.8 Å². The number of amides is 1. The van der Waals surface area contributed by atoms with E-state index in [1.165, 1.54) is 28.8 Å². The molecule has 3 aliphatic heterocycles. The fourth-order valence-corrected chi connectivity index (χ4v) is 13.3. The largest absolute Gasteiger partial charge is 0.455 e. The van der Waals surface area contributed by atoms with Crippen LogP contribution in [0.25, 0.3) is 11.0 Å². The number of anilines is 2. The summed E-state index contributed by atoms with van der Waals surface area (Å²) in [5.74, 6) is 0.152. The average molecular weight is 1060 g/mol. The zero-order valence-electron chi connectivity index (χ0n) is 44.6. The van der Waals surface area contributed by atoms with E-state index in [2.05, 4.69) is 103 Å². The maximum atomic E-state index is 14.1. The highest BCUT2D eigenvalue weighted by atomic mass is 32.2. The van der Waals surface area contributed by atoms with Gasteiger partial charge >= 0.3 is 0 Å². The lowest BCUT2D eigenvalue weighted by Crippen LogP contribution is -2.60. The fourth-order valence-electron chi connectivity index (χ4n) is 12.3. The molecule has 2 unspecified atom stereocenters. The Balaban J connectivity index is 0.829. The van der Waals surface area contributed by atoms with Crippen molar-refractivity contribution in [1.82, 2.24) is 34.9 Å². The summed E-state index contributed by atoms with van der Waals surface area (Å²) in [6.07, 6.45) is 12.5. The molecule has 5 aliphatic rings. The standard InChI is InChI=1S/C57H74N10O8S/c1-37(2)46-9-7-8-10-47(46)51-36-63(34-41-35-66(38(3)4)61-55(41)74-6)25-26-65(51)43-30-57(31-43)20-23-64(24-21-57)42-11-13-48(52(28-42)75-44-27-40-17-22-58-53(40)60-33-44)54(68)62-76(72,73)45-12-14-49(50(29-45)67(70)71)59-32-39-15-18-56(5,69)19-16-39/h7-14,17,22,27-29,33,35,37-39,43,51,55,59,61,69H,15-16,18-21,23-26,30-32,34,36H2,1-6H3,(H,58,60)(H,62,68). The molecule has 5 N–H and O–H groups in total. The third-order valence-electron chi connectivity index (χ3n) is 16.9. The Morgan fingerprint density at radius 1 is 0.974 bits per heavy atom. The second kappa shape index (κ2) is 21.7. The minimum Gasteiger partial charge on any atom is -0.455 e. The number of methoxy groups -OCH3 is 1.